The average Bonchev–Trinajstić information content (AvgIpc) is 1.61. The molecule has 0 saturated carbocycles. The second kappa shape index (κ2) is 5.59. The van der Waals surface area contributed by atoms with Crippen LogP contribution in [0, 0.1) is 0 Å². The molecule has 0 aromatic carbocycles. The summed E-state index contributed by atoms with van der Waals surface area (Å²) in [5.41, 5.74) is 0. The van der Waals surface area contributed by atoms with Gasteiger partial charge in [0.15, 0.2) is 0 Å². The van der Waals surface area contributed by atoms with Gasteiger partial charge in [0.2, 0.25) is 0 Å². The number of carbonyl (C=O) groups excluding carboxylic acids is 1. The first kappa shape index (κ1) is 11.3. The average molecular weight is 173 g/mol. The molecule has 0 radical (unpaired) electrons. The van der Waals surface area contributed by atoms with E-state index >= 15 is 0 Å². The van der Waals surface area contributed by atoms with Crippen molar-refractivity contribution in [2.75, 3.05) is 0 Å². The van der Waals surface area contributed by atoms with E-state index < -0.39 is 18.4 Å². The molecule has 0 heterocycles. The van der Waals surface area contributed by atoms with Gasteiger partial charge >= 0.3 is 23.0 Å². The Bertz CT molecular complexity index is 97.1. The van der Waals surface area contributed by atoms with E-state index in [0.717, 1.165) is 0 Å². The first-order chi connectivity index (χ1) is 3.63. The summed E-state index contributed by atoms with van der Waals surface area (Å²) in [6, 6.07) is 0. The van der Waals surface area contributed by atoms with Crippen molar-refractivity contribution < 1.29 is 36.9 Å². The van der Waals surface area contributed by atoms with E-state index in [1.54, 1.807) is 0 Å². The second-order valence-corrected chi connectivity index (χ2v) is 1.27. The summed E-state index contributed by atoms with van der Waals surface area (Å²) in [6.45, 7) is 0. The van der Waals surface area contributed by atoms with Crippen LogP contribution in [0.15, 0.2) is 0 Å². The van der Waals surface area contributed by atoms with Crippen molar-refractivity contribution in [3.05, 3.63) is 0 Å². The van der Waals surface area contributed by atoms with Crippen LogP contribution in [0.5, 0.6) is 0 Å². The van der Waals surface area contributed by atoms with Crippen LogP contribution >= 0.6 is 0 Å². The molecule has 0 saturated heterocycles. The fourth-order valence-electron chi connectivity index (χ4n) is 0.209. The standard InChI is InChI=1S/C4H6O4.Fe/c5-3(6)1-2-4(7)8;/h1-2H2,(H,5,6)(H,7,8);/q;+2/p-1. The molecule has 0 amide bonds. The van der Waals surface area contributed by atoms with Crippen LogP contribution in [0.2, 0.25) is 0 Å². The topological polar surface area (TPSA) is 77.4 Å². The zero-order valence-electron chi connectivity index (χ0n) is 4.44. The Balaban J connectivity index is 0. The summed E-state index contributed by atoms with van der Waals surface area (Å²) >= 11 is 0. The Morgan fingerprint density at radius 1 is 1.33 bits per heavy atom. The molecule has 5 heteroatoms. The van der Waals surface area contributed by atoms with E-state index in [0.29, 0.717) is 0 Å². The minimum Gasteiger partial charge on any atom is -0.550 e. The molecule has 0 aliphatic rings. The SMILES string of the molecule is O=C([O-])CCC(=O)O.[Fe+2]. The van der Waals surface area contributed by atoms with Crippen LogP contribution < -0.4 is 5.11 Å². The van der Waals surface area contributed by atoms with Crippen LogP contribution in [-0.2, 0) is 26.7 Å². The zero-order valence-corrected chi connectivity index (χ0v) is 5.54. The van der Waals surface area contributed by atoms with Gasteiger partial charge in [0, 0.05) is 5.97 Å². The largest absolute Gasteiger partial charge is 2.00 e. The van der Waals surface area contributed by atoms with Gasteiger partial charge < -0.3 is 15.0 Å². The fourth-order valence-corrected chi connectivity index (χ4v) is 0.209. The molecule has 0 unspecified atom stereocenters. The summed E-state index contributed by atoms with van der Waals surface area (Å²) in [5, 5.41) is 17.4. The Labute approximate surface area is 62.3 Å². The molecule has 0 aliphatic heterocycles. The van der Waals surface area contributed by atoms with Gasteiger partial charge in [0.25, 0.3) is 0 Å². The third-order valence-corrected chi connectivity index (χ3v) is 0.543. The number of carbonyl (C=O) groups is 2. The number of rotatable bonds is 3. The molecule has 0 fully saturated rings. The molecule has 1 N–H and O–H groups in total. The Hall–Kier alpha value is -0.541. The first-order valence-electron chi connectivity index (χ1n) is 2.04. The monoisotopic (exact) mass is 173 g/mol. The van der Waals surface area contributed by atoms with Crippen LogP contribution in [0.4, 0.5) is 0 Å². The van der Waals surface area contributed by atoms with Crippen molar-refractivity contribution >= 4 is 11.9 Å². The Morgan fingerprint density at radius 3 is 1.89 bits per heavy atom. The summed E-state index contributed by atoms with van der Waals surface area (Å²) in [5.74, 6) is -2.44. The molecule has 0 spiro atoms. The molecule has 0 aromatic rings. The van der Waals surface area contributed by atoms with E-state index in [-0.39, 0.29) is 23.5 Å². The van der Waals surface area contributed by atoms with Gasteiger partial charge in [-0.2, -0.15) is 0 Å². The third kappa shape index (κ3) is 11.2. The second-order valence-electron chi connectivity index (χ2n) is 1.27. The Morgan fingerprint density at radius 2 is 1.78 bits per heavy atom. The van der Waals surface area contributed by atoms with Gasteiger partial charge in [-0.25, -0.2) is 0 Å². The van der Waals surface area contributed by atoms with Gasteiger partial charge in [-0.3, -0.25) is 4.79 Å². The van der Waals surface area contributed by atoms with Crippen LogP contribution in [0.3, 0.4) is 0 Å². The predicted molar refractivity (Wildman–Crippen MR) is 21.9 cm³/mol. The van der Waals surface area contributed by atoms with Gasteiger partial charge in [-0.1, -0.05) is 0 Å². The van der Waals surface area contributed by atoms with Crippen molar-refractivity contribution in [1.82, 2.24) is 0 Å². The molecule has 0 aromatic heterocycles. The van der Waals surface area contributed by atoms with Gasteiger partial charge in [0.05, 0.1) is 6.42 Å². The third-order valence-electron chi connectivity index (χ3n) is 0.543. The molecule has 0 bridgehead atoms. The number of hydrogen-bond donors (Lipinski definition) is 1. The summed E-state index contributed by atoms with van der Waals surface area (Å²) in [4.78, 5) is 19.1. The molecule has 4 nitrogen and oxygen atoms in total. The van der Waals surface area contributed by atoms with Crippen molar-refractivity contribution in [3.63, 3.8) is 0 Å². The molecule has 0 aliphatic carbocycles. The number of hydrogen-bond acceptors (Lipinski definition) is 3. The van der Waals surface area contributed by atoms with E-state index in [1.165, 1.54) is 0 Å². The predicted octanol–water partition coefficient (Wildman–Crippen LogP) is -1.40. The molecule has 52 valence electrons. The molecule has 9 heavy (non-hydrogen) atoms. The maximum absolute atomic E-state index is 9.61. The Kier molecular flexibility index (Phi) is 7.01. The minimum atomic E-state index is -1.33. The van der Waals surface area contributed by atoms with Crippen LogP contribution in [-0.4, -0.2) is 17.0 Å². The van der Waals surface area contributed by atoms with Crippen molar-refractivity contribution in [2.24, 2.45) is 0 Å². The summed E-state index contributed by atoms with van der Waals surface area (Å²) in [7, 11) is 0. The van der Waals surface area contributed by atoms with Crippen LogP contribution in [0.1, 0.15) is 12.8 Å². The smallest absolute Gasteiger partial charge is 0.550 e. The number of carboxylic acids is 2. The van der Waals surface area contributed by atoms with Gasteiger partial charge in [-0.15, -0.1) is 0 Å². The quantitative estimate of drug-likeness (QED) is 0.532. The van der Waals surface area contributed by atoms with Crippen molar-refractivity contribution in [2.45, 2.75) is 12.8 Å². The first-order valence-corrected chi connectivity index (χ1v) is 2.04. The van der Waals surface area contributed by atoms with Gasteiger partial charge in [-0.05, 0) is 6.42 Å². The summed E-state index contributed by atoms with van der Waals surface area (Å²) < 4.78 is 0. The van der Waals surface area contributed by atoms with E-state index in [9.17, 15) is 14.7 Å². The van der Waals surface area contributed by atoms with Crippen molar-refractivity contribution in [1.29, 1.82) is 0 Å². The van der Waals surface area contributed by atoms with E-state index in [2.05, 4.69) is 0 Å². The van der Waals surface area contributed by atoms with E-state index in [4.69, 9.17) is 5.11 Å². The van der Waals surface area contributed by atoms with Crippen LogP contribution in [0.25, 0.3) is 0 Å². The number of aliphatic carboxylic acids is 2. The molecule has 0 rings (SSSR count). The molecule has 0 atom stereocenters. The number of carboxylic acid groups (broad SMARTS) is 2. The normalized spacial score (nSPS) is 7.56. The van der Waals surface area contributed by atoms with E-state index in [1.807, 2.05) is 0 Å². The van der Waals surface area contributed by atoms with Gasteiger partial charge in [0.1, 0.15) is 0 Å². The molecular formula is C4H5FeO4+. The summed E-state index contributed by atoms with van der Waals surface area (Å²) in [6.07, 6.45) is -0.766. The minimum absolute atomic E-state index is 0. The fraction of sp³-hybridized carbons (Fsp3) is 0.500. The maximum Gasteiger partial charge on any atom is 2.00 e. The molecular weight excluding hydrogens is 168 g/mol. The maximum atomic E-state index is 9.61. The zero-order chi connectivity index (χ0) is 6.57. The van der Waals surface area contributed by atoms with Crippen molar-refractivity contribution in [3.8, 4) is 0 Å².